The van der Waals surface area contributed by atoms with Crippen LogP contribution in [0.25, 0.3) is 6.08 Å². The van der Waals surface area contributed by atoms with Crippen LogP contribution < -0.4 is 14.8 Å². The fraction of sp³-hybridized carbons (Fsp3) is 0.188. The minimum absolute atomic E-state index is 0.108. The van der Waals surface area contributed by atoms with Gasteiger partial charge in [0.25, 0.3) is 0 Å². The first kappa shape index (κ1) is 17.2. The molecule has 0 aromatic heterocycles. The Morgan fingerprint density at radius 3 is 2.36 bits per heavy atom. The van der Waals surface area contributed by atoms with Crippen LogP contribution in [0.2, 0.25) is 0 Å². The Bertz CT molecular complexity index is 619. The van der Waals surface area contributed by atoms with Crippen LogP contribution in [0.1, 0.15) is 19.4 Å². The standard InChI is InChI=1S/C16H17NO5/c1-4-9-17-16(20)8-6-13-5-7-14(21-11(2)18)15(10-13)22-12(3)19/h4-8,10H,1,9H2,2-3H3,(H,17,20)/b8-6+. The molecule has 22 heavy (non-hydrogen) atoms. The molecule has 1 aromatic rings. The van der Waals surface area contributed by atoms with E-state index in [-0.39, 0.29) is 17.4 Å². The monoisotopic (exact) mass is 303 g/mol. The third-order valence-electron chi connectivity index (χ3n) is 2.32. The highest BCUT2D eigenvalue weighted by molar-refractivity contribution is 5.91. The maximum Gasteiger partial charge on any atom is 0.308 e. The summed E-state index contributed by atoms with van der Waals surface area (Å²) in [6.07, 6.45) is 4.45. The summed E-state index contributed by atoms with van der Waals surface area (Å²) in [5.41, 5.74) is 0.612. The normalized spacial score (nSPS) is 10.1. The van der Waals surface area contributed by atoms with Crippen molar-refractivity contribution in [1.29, 1.82) is 0 Å². The van der Waals surface area contributed by atoms with E-state index in [4.69, 9.17) is 9.47 Å². The zero-order valence-corrected chi connectivity index (χ0v) is 12.4. The van der Waals surface area contributed by atoms with Gasteiger partial charge in [-0.05, 0) is 23.8 Å². The molecule has 0 heterocycles. The number of benzene rings is 1. The summed E-state index contributed by atoms with van der Waals surface area (Å²) in [4.78, 5) is 33.6. The Balaban J connectivity index is 2.95. The Morgan fingerprint density at radius 1 is 1.14 bits per heavy atom. The molecular formula is C16H17NO5. The first-order valence-electron chi connectivity index (χ1n) is 6.50. The maximum absolute atomic E-state index is 11.4. The van der Waals surface area contributed by atoms with Crippen LogP contribution >= 0.6 is 0 Å². The van der Waals surface area contributed by atoms with Crippen molar-refractivity contribution in [3.63, 3.8) is 0 Å². The van der Waals surface area contributed by atoms with Gasteiger partial charge in [-0.3, -0.25) is 14.4 Å². The highest BCUT2D eigenvalue weighted by atomic mass is 16.6. The third kappa shape index (κ3) is 6.04. The molecule has 0 bridgehead atoms. The van der Waals surface area contributed by atoms with Crippen LogP contribution in [0, 0.1) is 0 Å². The summed E-state index contributed by atoms with van der Waals surface area (Å²) >= 11 is 0. The molecule has 1 aromatic carbocycles. The van der Waals surface area contributed by atoms with E-state index in [0.717, 1.165) is 0 Å². The van der Waals surface area contributed by atoms with Gasteiger partial charge in [-0.15, -0.1) is 6.58 Å². The predicted octanol–water partition coefficient (Wildman–Crippen LogP) is 1.85. The highest BCUT2D eigenvalue weighted by Crippen LogP contribution is 2.29. The van der Waals surface area contributed by atoms with Crippen LogP contribution in [0.15, 0.2) is 36.9 Å². The fourth-order valence-electron chi connectivity index (χ4n) is 1.51. The van der Waals surface area contributed by atoms with E-state index in [1.807, 2.05) is 0 Å². The number of carbonyl (C=O) groups excluding carboxylic acids is 3. The Labute approximate surface area is 128 Å². The number of hydrogen-bond donors (Lipinski definition) is 1. The molecule has 1 amide bonds. The van der Waals surface area contributed by atoms with Gasteiger partial charge in [-0.25, -0.2) is 0 Å². The summed E-state index contributed by atoms with van der Waals surface area (Å²) in [6.45, 7) is 6.35. The van der Waals surface area contributed by atoms with Crippen LogP contribution in [0.3, 0.4) is 0 Å². The quantitative estimate of drug-likeness (QED) is 0.375. The molecule has 0 fully saturated rings. The molecule has 0 radical (unpaired) electrons. The topological polar surface area (TPSA) is 81.7 Å². The van der Waals surface area contributed by atoms with E-state index in [2.05, 4.69) is 11.9 Å². The number of amides is 1. The van der Waals surface area contributed by atoms with Crippen LogP contribution in [0.5, 0.6) is 11.5 Å². The van der Waals surface area contributed by atoms with Gasteiger partial charge in [0.05, 0.1) is 0 Å². The molecule has 0 saturated carbocycles. The first-order chi connectivity index (χ1) is 10.4. The Kier molecular flexibility index (Phi) is 6.56. The van der Waals surface area contributed by atoms with Crippen molar-refractivity contribution in [2.45, 2.75) is 13.8 Å². The lowest BCUT2D eigenvalue weighted by molar-refractivity contribution is -0.134. The predicted molar refractivity (Wildman–Crippen MR) is 81.3 cm³/mol. The van der Waals surface area contributed by atoms with Gasteiger partial charge in [-0.2, -0.15) is 0 Å². The average molecular weight is 303 g/mol. The van der Waals surface area contributed by atoms with Gasteiger partial charge in [0.15, 0.2) is 11.5 Å². The highest BCUT2D eigenvalue weighted by Gasteiger charge is 2.10. The SMILES string of the molecule is C=CCNC(=O)/C=C/c1ccc(OC(C)=O)c(OC(C)=O)c1. The van der Waals surface area contributed by atoms with E-state index in [0.29, 0.717) is 12.1 Å². The van der Waals surface area contributed by atoms with Gasteiger partial charge < -0.3 is 14.8 Å². The molecule has 0 atom stereocenters. The van der Waals surface area contributed by atoms with Gasteiger partial charge in [0.2, 0.25) is 5.91 Å². The first-order valence-corrected chi connectivity index (χ1v) is 6.50. The third-order valence-corrected chi connectivity index (χ3v) is 2.32. The van der Waals surface area contributed by atoms with E-state index >= 15 is 0 Å². The van der Waals surface area contributed by atoms with E-state index in [1.54, 1.807) is 18.2 Å². The number of hydrogen-bond acceptors (Lipinski definition) is 5. The second-order valence-electron chi connectivity index (χ2n) is 4.26. The second kappa shape index (κ2) is 8.41. The number of carbonyl (C=O) groups is 3. The Morgan fingerprint density at radius 2 is 1.77 bits per heavy atom. The molecule has 0 aliphatic rings. The van der Waals surface area contributed by atoms with Crippen molar-refractivity contribution in [2.75, 3.05) is 6.54 Å². The maximum atomic E-state index is 11.4. The van der Waals surface area contributed by atoms with Crippen LogP contribution in [-0.4, -0.2) is 24.4 Å². The van der Waals surface area contributed by atoms with E-state index in [9.17, 15) is 14.4 Å². The number of rotatable bonds is 6. The molecule has 0 spiro atoms. The average Bonchev–Trinajstić information content (AvgIpc) is 2.44. The molecule has 1 rings (SSSR count). The van der Waals surface area contributed by atoms with Crippen molar-refractivity contribution in [2.24, 2.45) is 0 Å². The molecule has 0 saturated heterocycles. The van der Waals surface area contributed by atoms with E-state index in [1.165, 1.54) is 32.1 Å². The minimum Gasteiger partial charge on any atom is -0.423 e. The van der Waals surface area contributed by atoms with Gasteiger partial charge in [0.1, 0.15) is 0 Å². The number of ether oxygens (including phenoxy) is 2. The molecule has 6 heteroatoms. The molecule has 1 N–H and O–H groups in total. The van der Waals surface area contributed by atoms with Gasteiger partial charge >= 0.3 is 11.9 Å². The summed E-state index contributed by atoms with van der Waals surface area (Å²) in [5.74, 6) is -1.11. The Hall–Kier alpha value is -2.89. The lowest BCUT2D eigenvalue weighted by Gasteiger charge is -2.09. The minimum atomic E-state index is -0.543. The lowest BCUT2D eigenvalue weighted by atomic mass is 10.2. The fourth-order valence-corrected chi connectivity index (χ4v) is 1.51. The second-order valence-corrected chi connectivity index (χ2v) is 4.26. The molecular weight excluding hydrogens is 286 g/mol. The van der Waals surface area contributed by atoms with Gasteiger partial charge in [-0.1, -0.05) is 12.1 Å². The van der Waals surface area contributed by atoms with Crippen molar-refractivity contribution < 1.29 is 23.9 Å². The smallest absolute Gasteiger partial charge is 0.308 e. The zero-order chi connectivity index (χ0) is 16.5. The summed E-state index contributed by atoms with van der Waals surface area (Å²) in [5, 5.41) is 2.59. The van der Waals surface area contributed by atoms with Crippen molar-refractivity contribution in [1.82, 2.24) is 5.32 Å². The number of esters is 2. The van der Waals surface area contributed by atoms with Gasteiger partial charge in [0, 0.05) is 26.5 Å². The summed E-state index contributed by atoms with van der Waals surface area (Å²) < 4.78 is 9.94. The van der Waals surface area contributed by atoms with Crippen molar-refractivity contribution in [3.05, 3.63) is 42.5 Å². The molecule has 0 aliphatic heterocycles. The van der Waals surface area contributed by atoms with Crippen molar-refractivity contribution >= 4 is 23.9 Å². The lowest BCUT2D eigenvalue weighted by Crippen LogP contribution is -2.20. The van der Waals surface area contributed by atoms with Crippen LogP contribution in [0.4, 0.5) is 0 Å². The molecule has 0 aliphatic carbocycles. The molecule has 6 nitrogen and oxygen atoms in total. The van der Waals surface area contributed by atoms with Crippen molar-refractivity contribution in [3.8, 4) is 11.5 Å². The molecule has 0 unspecified atom stereocenters. The number of nitrogens with one attached hydrogen (secondary N) is 1. The summed E-state index contributed by atoms with van der Waals surface area (Å²) in [6, 6.07) is 4.61. The molecule has 116 valence electrons. The van der Waals surface area contributed by atoms with E-state index < -0.39 is 11.9 Å². The van der Waals surface area contributed by atoms with Crippen LogP contribution in [-0.2, 0) is 14.4 Å². The largest absolute Gasteiger partial charge is 0.423 e. The zero-order valence-electron chi connectivity index (χ0n) is 12.4. The summed E-state index contributed by atoms with van der Waals surface area (Å²) in [7, 11) is 0.